The summed E-state index contributed by atoms with van der Waals surface area (Å²) in [6, 6.07) is 3.46. The molecule has 7 heteroatoms. The number of rotatable bonds is 5. The van der Waals surface area contributed by atoms with E-state index in [4.69, 9.17) is 10.8 Å². The molecule has 3 rings (SSSR count). The molecule has 1 aromatic carbocycles. The first-order chi connectivity index (χ1) is 10.5. The summed E-state index contributed by atoms with van der Waals surface area (Å²) in [6.45, 7) is 0.226. The molecule has 22 heavy (non-hydrogen) atoms. The topological polar surface area (TPSA) is 118 Å². The lowest BCUT2D eigenvalue weighted by Crippen LogP contribution is -2.19. The Labute approximate surface area is 126 Å². The van der Waals surface area contributed by atoms with E-state index < -0.39 is 11.4 Å². The number of aromatic nitrogens is 1. The number of fused-ring (bicyclic) bond motifs is 1. The van der Waals surface area contributed by atoms with Crippen LogP contribution in [0.4, 0.5) is 11.4 Å². The number of nitrogen functional groups attached to an aromatic ring is 1. The molecule has 1 aromatic heterocycles. The molecule has 7 nitrogen and oxygen atoms in total. The Hall–Kier alpha value is -2.54. The van der Waals surface area contributed by atoms with E-state index in [2.05, 4.69) is 5.32 Å². The van der Waals surface area contributed by atoms with Gasteiger partial charge >= 0.3 is 5.97 Å². The number of hydrogen-bond acceptors (Lipinski definition) is 5. The van der Waals surface area contributed by atoms with Gasteiger partial charge in [-0.15, -0.1) is 0 Å². The molecule has 1 heterocycles. The van der Waals surface area contributed by atoms with Crippen LogP contribution in [-0.4, -0.2) is 33.9 Å². The van der Waals surface area contributed by atoms with Crippen LogP contribution in [0.25, 0.3) is 10.9 Å². The van der Waals surface area contributed by atoms with Gasteiger partial charge in [0, 0.05) is 24.2 Å². The van der Waals surface area contributed by atoms with E-state index in [-0.39, 0.29) is 18.2 Å². The van der Waals surface area contributed by atoms with E-state index in [9.17, 15) is 14.7 Å². The van der Waals surface area contributed by atoms with Gasteiger partial charge in [-0.3, -0.25) is 4.79 Å². The van der Waals surface area contributed by atoms with Crippen molar-refractivity contribution in [2.45, 2.75) is 18.9 Å². The average molecular weight is 303 g/mol. The number of nitrogens with two attached hydrogens (primary N) is 1. The molecule has 0 spiro atoms. The molecule has 1 fully saturated rings. The fraction of sp³-hybridized carbons (Fsp3) is 0.333. The van der Waals surface area contributed by atoms with E-state index in [1.165, 1.54) is 6.20 Å². The molecule has 116 valence electrons. The number of pyridine rings is 1. The number of nitrogens with one attached hydrogen (secondary N) is 1. The Kier molecular flexibility index (Phi) is 3.50. The lowest BCUT2D eigenvalue weighted by Gasteiger charge is -2.15. The second-order valence-electron chi connectivity index (χ2n) is 5.42. The summed E-state index contributed by atoms with van der Waals surface area (Å²) in [7, 11) is 0. The highest BCUT2D eigenvalue weighted by Crippen LogP contribution is 2.38. The minimum absolute atomic E-state index is 0.0705. The largest absolute Gasteiger partial charge is 0.477 e. The molecule has 1 aliphatic carbocycles. The summed E-state index contributed by atoms with van der Waals surface area (Å²) < 4.78 is 1.83. The second-order valence-corrected chi connectivity index (χ2v) is 5.42. The van der Waals surface area contributed by atoms with Crippen molar-refractivity contribution in [3.63, 3.8) is 0 Å². The van der Waals surface area contributed by atoms with Gasteiger partial charge in [0.05, 0.1) is 23.5 Å². The maximum atomic E-state index is 12.4. The minimum atomic E-state index is -1.23. The normalized spacial score (nSPS) is 14.2. The number of hydrogen-bond donors (Lipinski definition) is 4. The minimum Gasteiger partial charge on any atom is -0.477 e. The Balaban J connectivity index is 2.27. The molecule has 0 aliphatic heterocycles. The Bertz CT molecular complexity index is 809. The fourth-order valence-electron chi connectivity index (χ4n) is 2.56. The van der Waals surface area contributed by atoms with Crippen LogP contribution in [0.5, 0.6) is 0 Å². The maximum absolute atomic E-state index is 12.4. The monoisotopic (exact) mass is 303 g/mol. The number of aromatic carboxylic acids is 1. The van der Waals surface area contributed by atoms with Gasteiger partial charge in [-0.25, -0.2) is 4.79 Å². The van der Waals surface area contributed by atoms with E-state index in [0.717, 1.165) is 12.8 Å². The third-order valence-electron chi connectivity index (χ3n) is 3.80. The van der Waals surface area contributed by atoms with Gasteiger partial charge in [0.2, 0.25) is 5.43 Å². The lowest BCUT2D eigenvalue weighted by atomic mass is 10.1. The number of anilines is 2. The maximum Gasteiger partial charge on any atom is 0.341 e. The number of aliphatic hydroxyl groups is 1. The molecule has 1 aliphatic rings. The quantitative estimate of drug-likeness (QED) is 0.613. The molecule has 0 saturated heterocycles. The van der Waals surface area contributed by atoms with Crippen molar-refractivity contribution in [1.29, 1.82) is 0 Å². The summed E-state index contributed by atoms with van der Waals surface area (Å²) in [5.74, 6) is -1.23. The van der Waals surface area contributed by atoms with Crippen molar-refractivity contribution in [2.75, 3.05) is 24.2 Å². The van der Waals surface area contributed by atoms with E-state index in [1.54, 1.807) is 12.1 Å². The van der Waals surface area contributed by atoms with E-state index >= 15 is 0 Å². The van der Waals surface area contributed by atoms with Crippen molar-refractivity contribution < 1.29 is 15.0 Å². The van der Waals surface area contributed by atoms with Gasteiger partial charge in [-0.2, -0.15) is 0 Å². The van der Waals surface area contributed by atoms with Gasteiger partial charge in [-0.05, 0) is 25.0 Å². The molecule has 0 atom stereocenters. The molecular formula is C15H17N3O4. The van der Waals surface area contributed by atoms with Crippen LogP contribution in [-0.2, 0) is 0 Å². The first-order valence-corrected chi connectivity index (χ1v) is 7.09. The molecule has 2 aromatic rings. The van der Waals surface area contributed by atoms with Crippen LogP contribution in [0.2, 0.25) is 0 Å². The van der Waals surface area contributed by atoms with Gasteiger partial charge in [-0.1, -0.05) is 0 Å². The van der Waals surface area contributed by atoms with Crippen molar-refractivity contribution in [3.8, 4) is 0 Å². The molecular weight excluding hydrogens is 286 g/mol. The second kappa shape index (κ2) is 5.34. The van der Waals surface area contributed by atoms with Crippen molar-refractivity contribution >= 4 is 28.2 Å². The highest BCUT2D eigenvalue weighted by Gasteiger charge is 2.27. The summed E-state index contributed by atoms with van der Waals surface area (Å²) in [5, 5.41) is 21.4. The van der Waals surface area contributed by atoms with Crippen LogP contribution in [0.1, 0.15) is 29.2 Å². The third kappa shape index (κ3) is 2.39. The van der Waals surface area contributed by atoms with Gasteiger partial charge in [0.25, 0.3) is 0 Å². The van der Waals surface area contributed by atoms with Crippen LogP contribution < -0.4 is 16.5 Å². The van der Waals surface area contributed by atoms with E-state index in [1.807, 2.05) is 4.57 Å². The number of carboxylic acid groups (broad SMARTS) is 1. The van der Waals surface area contributed by atoms with Crippen molar-refractivity contribution in [1.82, 2.24) is 4.57 Å². The molecule has 0 radical (unpaired) electrons. The van der Waals surface area contributed by atoms with Crippen molar-refractivity contribution in [2.24, 2.45) is 0 Å². The van der Waals surface area contributed by atoms with Crippen LogP contribution in [0.15, 0.2) is 23.1 Å². The molecule has 5 N–H and O–H groups in total. The predicted octanol–water partition coefficient (Wildman–Crippen LogP) is 1.02. The van der Waals surface area contributed by atoms with Crippen LogP contribution in [0, 0.1) is 0 Å². The highest BCUT2D eigenvalue weighted by molar-refractivity contribution is 5.95. The number of benzene rings is 1. The van der Waals surface area contributed by atoms with Crippen LogP contribution in [0.3, 0.4) is 0 Å². The molecule has 1 saturated carbocycles. The molecule has 0 bridgehead atoms. The van der Waals surface area contributed by atoms with Crippen LogP contribution >= 0.6 is 0 Å². The Morgan fingerprint density at radius 3 is 2.73 bits per heavy atom. The Morgan fingerprint density at radius 1 is 1.41 bits per heavy atom. The summed E-state index contributed by atoms with van der Waals surface area (Å²) in [4.78, 5) is 23.7. The third-order valence-corrected chi connectivity index (χ3v) is 3.80. The highest BCUT2D eigenvalue weighted by atomic mass is 16.4. The zero-order chi connectivity index (χ0) is 15.9. The molecule has 0 unspecified atom stereocenters. The molecule has 0 amide bonds. The Morgan fingerprint density at radius 2 is 2.14 bits per heavy atom. The summed E-state index contributed by atoms with van der Waals surface area (Å²) in [5.41, 5.74) is 6.85. The average Bonchev–Trinajstić information content (AvgIpc) is 3.30. The number of aliphatic hydroxyl groups excluding tert-OH is 1. The first kappa shape index (κ1) is 14.4. The standard InChI is InChI=1S/C15H17N3O4/c16-11-6-13-9(5-12(11)17-3-4-19)14(20)10(15(21)22)7-18(13)8-1-2-8/h5-8,17,19H,1-4,16H2,(H,21,22). The predicted molar refractivity (Wildman–Crippen MR) is 83.4 cm³/mol. The fourth-order valence-corrected chi connectivity index (χ4v) is 2.56. The number of nitrogens with zero attached hydrogens (tertiary/aromatic N) is 1. The summed E-state index contributed by atoms with van der Waals surface area (Å²) >= 11 is 0. The number of carboxylic acids is 1. The van der Waals surface area contributed by atoms with Gasteiger partial charge in [0.1, 0.15) is 5.56 Å². The van der Waals surface area contributed by atoms with Crippen molar-refractivity contribution in [3.05, 3.63) is 34.1 Å². The first-order valence-electron chi connectivity index (χ1n) is 7.09. The van der Waals surface area contributed by atoms with Gasteiger partial charge in [0.15, 0.2) is 0 Å². The lowest BCUT2D eigenvalue weighted by molar-refractivity contribution is 0.0695. The smallest absolute Gasteiger partial charge is 0.341 e. The number of carbonyl (C=O) groups is 1. The zero-order valence-corrected chi connectivity index (χ0v) is 11.9. The zero-order valence-electron chi connectivity index (χ0n) is 11.9. The van der Waals surface area contributed by atoms with Gasteiger partial charge < -0.3 is 25.8 Å². The summed E-state index contributed by atoms with van der Waals surface area (Å²) in [6.07, 6.45) is 3.33. The van der Waals surface area contributed by atoms with E-state index in [0.29, 0.717) is 28.8 Å². The SMILES string of the molecule is Nc1cc2c(cc1NCCO)c(=O)c(C(=O)O)cn2C1CC1.